The molecule has 1 amide bonds. The van der Waals surface area contributed by atoms with Crippen molar-refractivity contribution in [3.63, 3.8) is 0 Å². The Morgan fingerprint density at radius 2 is 2.18 bits per heavy atom. The van der Waals surface area contributed by atoms with Crippen LogP contribution in [0.25, 0.3) is 0 Å². The van der Waals surface area contributed by atoms with E-state index in [1.165, 1.54) is 6.26 Å². The lowest BCUT2D eigenvalue weighted by Crippen LogP contribution is -2.45. The zero-order chi connectivity index (χ0) is 12.8. The molecule has 5 nitrogen and oxygen atoms in total. The van der Waals surface area contributed by atoms with Gasteiger partial charge in [-0.25, -0.2) is 0 Å². The molecule has 0 bridgehead atoms. The van der Waals surface area contributed by atoms with Crippen molar-refractivity contribution in [2.24, 2.45) is 0 Å². The zero-order valence-electron chi connectivity index (χ0n) is 10.4. The second-order valence-electron chi connectivity index (χ2n) is 4.32. The number of carbonyl (C=O) groups is 1. The van der Waals surface area contributed by atoms with Gasteiger partial charge < -0.3 is 20.2 Å². The molecule has 0 saturated carbocycles. The van der Waals surface area contributed by atoms with Crippen LogP contribution in [0.15, 0.2) is 22.8 Å². The van der Waals surface area contributed by atoms with Crippen LogP contribution >= 0.6 is 0 Å². The first kappa shape index (κ1) is 13.7. The van der Waals surface area contributed by atoms with Crippen LogP contribution in [0.3, 0.4) is 0 Å². The fraction of sp³-hybridized carbons (Fsp3) is 0.583. The Kier molecular flexibility index (Phi) is 5.18. The molecule has 0 aliphatic rings. The molecule has 96 valence electrons. The molecule has 0 saturated heterocycles. The summed E-state index contributed by atoms with van der Waals surface area (Å²) in [5.41, 5.74) is 0. The number of aliphatic hydroxyl groups is 1. The second-order valence-corrected chi connectivity index (χ2v) is 4.32. The molecule has 0 spiro atoms. The van der Waals surface area contributed by atoms with E-state index in [0.717, 1.165) is 0 Å². The van der Waals surface area contributed by atoms with Gasteiger partial charge in [-0.1, -0.05) is 0 Å². The van der Waals surface area contributed by atoms with Crippen molar-refractivity contribution in [3.8, 4) is 0 Å². The lowest BCUT2D eigenvalue weighted by Gasteiger charge is -2.17. The number of hydrogen-bond acceptors (Lipinski definition) is 4. The molecule has 0 aliphatic heterocycles. The fourth-order valence-corrected chi connectivity index (χ4v) is 1.37. The van der Waals surface area contributed by atoms with Crippen LogP contribution in [0.1, 0.15) is 32.6 Å². The van der Waals surface area contributed by atoms with E-state index >= 15 is 0 Å². The number of rotatable bonds is 6. The van der Waals surface area contributed by atoms with Crippen LogP contribution in [0.5, 0.6) is 0 Å². The predicted molar refractivity (Wildman–Crippen MR) is 64.4 cm³/mol. The van der Waals surface area contributed by atoms with Crippen LogP contribution in [-0.4, -0.2) is 29.6 Å². The third-order valence-corrected chi connectivity index (χ3v) is 2.31. The molecule has 0 aliphatic carbocycles. The Labute approximate surface area is 101 Å². The molecule has 0 radical (unpaired) electrons. The largest absolute Gasteiger partial charge is 0.467 e. The summed E-state index contributed by atoms with van der Waals surface area (Å²) in [4.78, 5) is 11.6. The SMILES string of the molecule is CC(C)NC(=O)C(C)NCC(O)c1ccco1. The summed E-state index contributed by atoms with van der Waals surface area (Å²) in [5.74, 6) is 0.417. The van der Waals surface area contributed by atoms with E-state index < -0.39 is 6.10 Å². The van der Waals surface area contributed by atoms with Crippen LogP contribution < -0.4 is 10.6 Å². The number of nitrogens with one attached hydrogen (secondary N) is 2. The lowest BCUT2D eigenvalue weighted by atomic mass is 10.2. The average Bonchev–Trinajstić information content (AvgIpc) is 2.77. The lowest BCUT2D eigenvalue weighted by molar-refractivity contribution is -0.123. The highest BCUT2D eigenvalue weighted by Gasteiger charge is 2.16. The van der Waals surface area contributed by atoms with Gasteiger partial charge in [0, 0.05) is 12.6 Å². The predicted octanol–water partition coefficient (Wildman–Crippen LogP) is 0.816. The minimum Gasteiger partial charge on any atom is -0.467 e. The van der Waals surface area contributed by atoms with Gasteiger partial charge in [-0.15, -0.1) is 0 Å². The maximum absolute atomic E-state index is 11.6. The van der Waals surface area contributed by atoms with Crippen molar-refractivity contribution in [3.05, 3.63) is 24.2 Å². The van der Waals surface area contributed by atoms with Gasteiger partial charge >= 0.3 is 0 Å². The first-order valence-corrected chi connectivity index (χ1v) is 5.76. The quantitative estimate of drug-likeness (QED) is 0.688. The Morgan fingerprint density at radius 3 is 2.71 bits per heavy atom. The average molecular weight is 240 g/mol. The van der Waals surface area contributed by atoms with E-state index in [9.17, 15) is 9.90 Å². The van der Waals surface area contributed by atoms with Crippen molar-refractivity contribution >= 4 is 5.91 Å². The maximum Gasteiger partial charge on any atom is 0.237 e. The maximum atomic E-state index is 11.6. The molecule has 17 heavy (non-hydrogen) atoms. The third-order valence-electron chi connectivity index (χ3n) is 2.31. The summed E-state index contributed by atoms with van der Waals surface area (Å²) >= 11 is 0. The number of aliphatic hydroxyl groups excluding tert-OH is 1. The second kappa shape index (κ2) is 6.42. The normalized spacial score (nSPS) is 14.6. The minimum atomic E-state index is -0.737. The van der Waals surface area contributed by atoms with E-state index in [4.69, 9.17) is 4.42 Å². The molecule has 1 aromatic rings. The summed E-state index contributed by atoms with van der Waals surface area (Å²) in [5, 5.41) is 15.5. The molecule has 0 aromatic carbocycles. The van der Waals surface area contributed by atoms with E-state index in [0.29, 0.717) is 5.76 Å². The molecular formula is C12H20N2O3. The Balaban J connectivity index is 2.33. The van der Waals surface area contributed by atoms with Crippen molar-refractivity contribution < 1.29 is 14.3 Å². The van der Waals surface area contributed by atoms with Crippen molar-refractivity contribution in [2.75, 3.05) is 6.54 Å². The highest BCUT2D eigenvalue weighted by molar-refractivity contribution is 5.81. The summed E-state index contributed by atoms with van der Waals surface area (Å²) < 4.78 is 5.06. The van der Waals surface area contributed by atoms with E-state index in [-0.39, 0.29) is 24.5 Å². The Bertz CT molecular complexity index is 336. The van der Waals surface area contributed by atoms with E-state index in [1.807, 2.05) is 13.8 Å². The van der Waals surface area contributed by atoms with Crippen molar-refractivity contribution in [1.29, 1.82) is 0 Å². The number of furan rings is 1. The molecule has 0 fully saturated rings. The Morgan fingerprint density at radius 1 is 1.47 bits per heavy atom. The van der Waals surface area contributed by atoms with Crippen molar-refractivity contribution in [1.82, 2.24) is 10.6 Å². The summed E-state index contributed by atoms with van der Waals surface area (Å²) in [7, 11) is 0. The van der Waals surface area contributed by atoms with Crippen LogP contribution in [-0.2, 0) is 4.79 Å². The summed E-state index contributed by atoms with van der Waals surface area (Å²) in [6.07, 6.45) is 0.771. The van der Waals surface area contributed by atoms with Crippen LogP contribution in [0.2, 0.25) is 0 Å². The van der Waals surface area contributed by atoms with Crippen molar-refractivity contribution in [2.45, 2.75) is 39.0 Å². The van der Waals surface area contributed by atoms with E-state index in [1.54, 1.807) is 19.1 Å². The Hall–Kier alpha value is -1.33. The molecule has 2 atom stereocenters. The smallest absolute Gasteiger partial charge is 0.237 e. The van der Waals surface area contributed by atoms with Gasteiger partial charge in [-0.2, -0.15) is 0 Å². The summed E-state index contributed by atoms with van der Waals surface area (Å²) in [6, 6.07) is 3.18. The first-order chi connectivity index (χ1) is 8.00. The number of carbonyl (C=O) groups excluding carboxylic acids is 1. The fourth-order valence-electron chi connectivity index (χ4n) is 1.37. The first-order valence-electron chi connectivity index (χ1n) is 5.76. The van der Waals surface area contributed by atoms with Gasteiger partial charge in [0.15, 0.2) is 0 Å². The molecule has 2 unspecified atom stereocenters. The zero-order valence-corrected chi connectivity index (χ0v) is 10.4. The van der Waals surface area contributed by atoms with E-state index in [2.05, 4.69) is 10.6 Å². The van der Waals surface area contributed by atoms with Gasteiger partial charge in [-0.3, -0.25) is 4.79 Å². The number of amides is 1. The topological polar surface area (TPSA) is 74.5 Å². The summed E-state index contributed by atoms with van der Waals surface area (Å²) in [6.45, 7) is 5.84. The molecule has 5 heteroatoms. The van der Waals surface area contributed by atoms with Crippen LogP contribution in [0.4, 0.5) is 0 Å². The third kappa shape index (κ3) is 4.58. The standard InChI is InChI=1S/C12H20N2O3/c1-8(2)14-12(16)9(3)13-7-10(15)11-5-4-6-17-11/h4-6,8-10,13,15H,7H2,1-3H3,(H,14,16). The van der Waals surface area contributed by atoms with Gasteiger partial charge in [0.25, 0.3) is 0 Å². The van der Waals surface area contributed by atoms with Crippen LogP contribution in [0, 0.1) is 0 Å². The highest BCUT2D eigenvalue weighted by atomic mass is 16.4. The molecule has 1 heterocycles. The molecule has 1 aromatic heterocycles. The van der Waals surface area contributed by atoms with Gasteiger partial charge in [0.1, 0.15) is 11.9 Å². The number of hydrogen-bond donors (Lipinski definition) is 3. The molecule has 1 rings (SSSR count). The molecular weight excluding hydrogens is 220 g/mol. The van der Waals surface area contributed by atoms with Gasteiger partial charge in [0.05, 0.1) is 12.3 Å². The molecule has 3 N–H and O–H groups in total. The monoisotopic (exact) mass is 240 g/mol. The van der Waals surface area contributed by atoms with Gasteiger partial charge in [0.2, 0.25) is 5.91 Å². The minimum absolute atomic E-state index is 0.0772. The van der Waals surface area contributed by atoms with Gasteiger partial charge in [-0.05, 0) is 32.9 Å². The highest BCUT2D eigenvalue weighted by Crippen LogP contribution is 2.11.